The van der Waals surface area contributed by atoms with E-state index in [9.17, 15) is 14.9 Å². The van der Waals surface area contributed by atoms with Crippen LogP contribution in [0.4, 0.5) is 5.00 Å². The molecule has 0 spiro atoms. The first-order valence-corrected chi connectivity index (χ1v) is 7.22. The molecule has 0 fully saturated rings. The van der Waals surface area contributed by atoms with Gasteiger partial charge in [-0.2, -0.15) is 5.26 Å². The van der Waals surface area contributed by atoms with E-state index in [4.69, 9.17) is 4.74 Å². The van der Waals surface area contributed by atoms with Gasteiger partial charge in [-0.1, -0.05) is 13.8 Å². The third kappa shape index (κ3) is 3.81. The summed E-state index contributed by atoms with van der Waals surface area (Å²) in [6.07, 6.45) is 0.372. The van der Waals surface area contributed by atoms with Crippen LogP contribution in [0.25, 0.3) is 0 Å². The lowest BCUT2D eigenvalue weighted by molar-refractivity contribution is -0.116. The van der Waals surface area contributed by atoms with Crippen molar-refractivity contribution in [3.05, 3.63) is 16.0 Å². The number of carbonyl (C=O) groups excluding carboxylic acids is 2. The highest BCUT2D eigenvalue weighted by atomic mass is 32.1. The maximum atomic E-state index is 11.8. The average molecular weight is 294 g/mol. The van der Waals surface area contributed by atoms with E-state index in [2.05, 4.69) is 5.32 Å². The van der Waals surface area contributed by atoms with Gasteiger partial charge in [0, 0.05) is 6.42 Å². The Labute approximate surface area is 122 Å². The molecule has 0 unspecified atom stereocenters. The normalized spacial score (nSPS) is 10.2. The number of thiophene rings is 1. The maximum Gasteiger partial charge on any atom is 0.348 e. The summed E-state index contributed by atoms with van der Waals surface area (Å²) >= 11 is 1.09. The van der Waals surface area contributed by atoms with Crippen LogP contribution in [0.2, 0.25) is 0 Å². The zero-order valence-corrected chi connectivity index (χ0v) is 12.9. The smallest absolute Gasteiger partial charge is 0.348 e. The number of rotatable bonds is 5. The third-order valence-electron chi connectivity index (χ3n) is 2.57. The molecule has 1 N–H and O–H groups in total. The molecule has 0 aliphatic rings. The Kier molecular flexibility index (Phi) is 5.71. The van der Waals surface area contributed by atoms with Gasteiger partial charge in [0.2, 0.25) is 5.91 Å². The van der Waals surface area contributed by atoms with E-state index in [1.54, 1.807) is 13.8 Å². The number of amides is 1. The molecular weight excluding hydrogens is 276 g/mol. The summed E-state index contributed by atoms with van der Waals surface area (Å²) in [5, 5.41) is 12.3. The monoisotopic (exact) mass is 294 g/mol. The van der Waals surface area contributed by atoms with Gasteiger partial charge in [0.1, 0.15) is 15.9 Å². The van der Waals surface area contributed by atoms with Crippen molar-refractivity contribution in [2.24, 2.45) is 5.92 Å². The molecule has 0 aromatic carbocycles. The Balaban J connectivity index is 3.03. The van der Waals surface area contributed by atoms with Crippen LogP contribution in [0, 0.1) is 24.2 Å². The van der Waals surface area contributed by atoms with Gasteiger partial charge in [0.05, 0.1) is 12.2 Å². The summed E-state index contributed by atoms with van der Waals surface area (Å²) in [6.45, 7) is 7.55. The first-order chi connectivity index (χ1) is 9.40. The highest BCUT2D eigenvalue weighted by Crippen LogP contribution is 2.33. The molecule has 0 aliphatic heterocycles. The lowest BCUT2D eigenvalue weighted by atomic mass is 10.1. The number of nitrogens with zero attached hydrogens (tertiary/aromatic N) is 1. The Morgan fingerprint density at radius 3 is 2.60 bits per heavy atom. The fourth-order valence-electron chi connectivity index (χ4n) is 1.68. The van der Waals surface area contributed by atoms with E-state index in [1.807, 2.05) is 19.9 Å². The molecule has 1 aromatic rings. The number of nitriles is 1. The summed E-state index contributed by atoms with van der Waals surface area (Å²) in [6, 6.07) is 2.03. The van der Waals surface area contributed by atoms with Gasteiger partial charge >= 0.3 is 5.97 Å². The number of carbonyl (C=O) groups is 2. The molecule has 5 nitrogen and oxygen atoms in total. The number of hydrogen-bond acceptors (Lipinski definition) is 5. The molecular formula is C14H18N2O3S. The second-order valence-corrected chi connectivity index (χ2v) is 5.76. The van der Waals surface area contributed by atoms with E-state index in [-0.39, 0.29) is 18.4 Å². The van der Waals surface area contributed by atoms with Gasteiger partial charge in [-0.3, -0.25) is 4.79 Å². The molecule has 0 saturated carbocycles. The van der Waals surface area contributed by atoms with E-state index >= 15 is 0 Å². The Hall–Kier alpha value is -1.87. The number of nitrogens with one attached hydrogen (secondary N) is 1. The Bertz CT molecular complexity index is 556. The van der Waals surface area contributed by atoms with Gasteiger partial charge in [-0.05, 0) is 25.3 Å². The molecule has 0 radical (unpaired) electrons. The van der Waals surface area contributed by atoms with Crippen LogP contribution in [0.3, 0.4) is 0 Å². The minimum absolute atomic E-state index is 0.159. The average Bonchev–Trinajstić information content (AvgIpc) is 2.64. The first-order valence-electron chi connectivity index (χ1n) is 6.41. The van der Waals surface area contributed by atoms with Crippen molar-refractivity contribution < 1.29 is 14.3 Å². The van der Waals surface area contributed by atoms with Crippen LogP contribution in [-0.2, 0) is 9.53 Å². The lowest BCUT2D eigenvalue weighted by Crippen LogP contribution is -2.13. The topological polar surface area (TPSA) is 79.2 Å². The van der Waals surface area contributed by atoms with Crippen LogP contribution >= 0.6 is 11.3 Å². The van der Waals surface area contributed by atoms with Crippen LogP contribution in [-0.4, -0.2) is 18.5 Å². The van der Waals surface area contributed by atoms with Crippen molar-refractivity contribution in [2.45, 2.75) is 34.1 Å². The number of anilines is 1. The summed E-state index contributed by atoms with van der Waals surface area (Å²) < 4.78 is 4.94. The zero-order chi connectivity index (χ0) is 15.3. The number of hydrogen-bond donors (Lipinski definition) is 1. The highest BCUT2D eigenvalue weighted by Gasteiger charge is 2.22. The molecule has 0 saturated heterocycles. The molecule has 1 rings (SSSR count). The van der Waals surface area contributed by atoms with Crippen molar-refractivity contribution in [1.82, 2.24) is 0 Å². The summed E-state index contributed by atoms with van der Waals surface area (Å²) in [7, 11) is 0. The van der Waals surface area contributed by atoms with Crippen LogP contribution in [0.5, 0.6) is 0 Å². The van der Waals surface area contributed by atoms with Gasteiger partial charge in [-0.15, -0.1) is 11.3 Å². The molecule has 1 heterocycles. The van der Waals surface area contributed by atoms with Crippen molar-refractivity contribution in [3.8, 4) is 6.07 Å². The molecule has 0 bridgehead atoms. The fraction of sp³-hybridized carbons (Fsp3) is 0.500. The quantitative estimate of drug-likeness (QED) is 0.846. The molecule has 6 heteroatoms. The summed E-state index contributed by atoms with van der Waals surface area (Å²) in [5.41, 5.74) is 0.881. The SMILES string of the molecule is CCOC(=O)c1sc(NC(=O)CC(C)C)c(C#N)c1C. The summed E-state index contributed by atoms with van der Waals surface area (Å²) in [5.74, 6) is -0.393. The van der Waals surface area contributed by atoms with Crippen molar-refractivity contribution in [3.63, 3.8) is 0 Å². The Morgan fingerprint density at radius 2 is 2.10 bits per heavy atom. The van der Waals surface area contributed by atoms with Gasteiger partial charge in [0.25, 0.3) is 0 Å². The highest BCUT2D eigenvalue weighted by molar-refractivity contribution is 7.18. The van der Waals surface area contributed by atoms with E-state index in [0.717, 1.165) is 11.3 Å². The molecule has 0 atom stereocenters. The predicted octanol–water partition coefficient (Wildman–Crippen LogP) is 3.09. The molecule has 1 aromatic heterocycles. The standard InChI is InChI=1S/C14H18N2O3S/c1-5-19-14(18)12-9(4)10(7-15)13(20-12)16-11(17)6-8(2)3/h8H,5-6H2,1-4H3,(H,16,17). The molecule has 108 valence electrons. The third-order valence-corrected chi connectivity index (χ3v) is 3.75. The van der Waals surface area contributed by atoms with E-state index in [1.165, 1.54) is 0 Å². The predicted molar refractivity (Wildman–Crippen MR) is 77.8 cm³/mol. The zero-order valence-electron chi connectivity index (χ0n) is 12.1. The van der Waals surface area contributed by atoms with Crippen LogP contribution < -0.4 is 5.32 Å². The van der Waals surface area contributed by atoms with Gasteiger partial charge in [0.15, 0.2) is 0 Å². The second-order valence-electron chi connectivity index (χ2n) is 4.74. The molecule has 0 aliphatic carbocycles. The second kappa shape index (κ2) is 7.06. The molecule has 1 amide bonds. The lowest BCUT2D eigenvalue weighted by Gasteiger charge is -2.05. The van der Waals surface area contributed by atoms with Gasteiger partial charge < -0.3 is 10.1 Å². The first kappa shape index (κ1) is 16.2. The van der Waals surface area contributed by atoms with Crippen molar-refractivity contribution in [2.75, 3.05) is 11.9 Å². The number of esters is 1. The molecule has 20 heavy (non-hydrogen) atoms. The van der Waals surface area contributed by atoms with E-state index < -0.39 is 5.97 Å². The maximum absolute atomic E-state index is 11.8. The minimum atomic E-state index is -0.462. The minimum Gasteiger partial charge on any atom is -0.462 e. The number of ether oxygens (including phenoxy) is 1. The van der Waals surface area contributed by atoms with E-state index in [0.29, 0.717) is 27.4 Å². The largest absolute Gasteiger partial charge is 0.462 e. The van der Waals surface area contributed by atoms with Crippen molar-refractivity contribution in [1.29, 1.82) is 5.26 Å². The van der Waals surface area contributed by atoms with Crippen LogP contribution in [0.1, 0.15) is 48.0 Å². The van der Waals surface area contributed by atoms with Crippen molar-refractivity contribution >= 4 is 28.2 Å². The van der Waals surface area contributed by atoms with Crippen LogP contribution in [0.15, 0.2) is 0 Å². The summed E-state index contributed by atoms with van der Waals surface area (Å²) in [4.78, 5) is 23.9. The van der Waals surface area contributed by atoms with Gasteiger partial charge in [-0.25, -0.2) is 4.79 Å². The fourth-order valence-corrected chi connectivity index (χ4v) is 2.74. The Morgan fingerprint density at radius 1 is 1.45 bits per heavy atom.